The van der Waals surface area contributed by atoms with E-state index in [0.717, 1.165) is 29.8 Å². The number of benzene rings is 1. The van der Waals surface area contributed by atoms with E-state index in [1.165, 1.54) is 7.05 Å². The highest BCUT2D eigenvalue weighted by Crippen LogP contribution is 2.32. The van der Waals surface area contributed by atoms with Crippen molar-refractivity contribution in [1.82, 2.24) is 15.1 Å². The van der Waals surface area contributed by atoms with Crippen LogP contribution in [0.1, 0.15) is 31.4 Å². The van der Waals surface area contributed by atoms with E-state index in [1.54, 1.807) is 0 Å². The predicted octanol–water partition coefficient (Wildman–Crippen LogP) is 1.37. The number of hydrogen-bond donors (Lipinski definition) is 2. The second-order valence-electron chi connectivity index (χ2n) is 7.02. The lowest BCUT2D eigenvalue weighted by atomic mass is 9.80. The number of urea groups is 1. The smallest absolute Gasteiger partial charge is 0.324 e. The van der Waals surface area contributed by atoms with Crippen LogP contribution in [0.2, 0.25) is 0 Å². The molecular weight excluding hydrogens is 306 g/mol. The Labute approximate surface area is 142 Å². The third kappa shape index (κ3) is 3.03. The molecule has 2 heterocycles. The molecule has 2 saturated heterocycles. The zero-order valence-corrected chi connectivity index (χ0v) is 14.2. The monoisotopic (exact) mass is 331 g/mol. The molecule has 3 rings (SSSR count). The van der Waals surface area contributed by atoms with Crippen LogP contribution in [-0.4, -0.2) is 59.1 Å². The molecule has 130 valence electrons. The van der Waals surface area contributed by atoms with Gasteiger partial charge in [-0.05, 0) is 31.9 Å². The lowest BCUT2D eigenvalue weighted by molar-refractivity contribution is -0.132. The van der Waals surface area contributed by atoms with Gasteiger partial charge in [0.05, 0.1) is 6.10 Å². The highest BCUT2D eigenvalue weighted by atomic mass is 16.3. The van der Waals surface area contributed by atoms with Gasteiger partial charge >= 0.3 is 6.03 Å². The number of likely N-dealkylation sites (N-methyl/N-ethyl adjacent to an activating group) is 1. The number of rotatable bonds is 4. The molecule has 6 heteroatoms. The standard InChI is InChI=1S/C18H25N3O3/c1-18(16(23)20(2)17(24)19-18)14-9-6-10-21(11-14)12-15(22)13-7-4-3-5-8-13/h3-5,7-8,14-15,22H,6,9-12H2,1-2H3,(H,19,24)/t14-,15+,18+/m0/s1. The average Bonchev–Trinajstić information content (AvgIpc) is 2.80. The number of aliphatic hydroxyl groups is 1. The van der Waals surface area contributed by atoms with E-state index in [-0.39, 0.29) is 17.9 Å². The van der Waals surface area contributed by atoms with Gasteiger partial charge in [-0.25, -0.2) is 4.79 Å². The quantitative estimate of drug-likeness (QED) is 0.818. The van der Waals surface area contributed by atoms with Crippen LogP contribution in [0.25, 0.3) is 0 Å². The second-order valence-corrected chi connectivity index (χ2v) is 7.02. The van der Waals surface area contributed by atoms with Crippen LogP contribution >= 0.6 is 0 Å². The summed E-state index contributed by atoms with van der Waals surface area (Å²) in [6.07, 6.45) is 1.30. The van der Waals surface area contributed by atoms with E-state index in [4.69, 9.17) is 0 Å². The third-order valence-electron chi connectivity index (χ3n) is 5.36. The summed E-state index contributed by atoms with van der Waals surface area (Å²) in [5.41, 5.74) is 0.0539. The number of aliphatic hydroxyl groups excluding tert-OH is 1. The molecule has 0 spiro atoms. The molecule has 0 aliphatic carbocycles. The van der Waals surface area contributed by atoms with E-state index in [0.29, 0.717) is 13.1 Å². The molecule has 1 aromatic carbocycles. The fourth-order valence-corrected chi connectivity index (χ4v) is 3.79. The molecule has 2 fully saturated rings. The van der Waals surface area contributed by atoms with Crippen molar-refractivity contribution in [3.05, 3.63) is 35.9 Å². The Hall–Kier alpha value is -1.92. The van der Waals surface area contributed by atoms with Gasteiger partial charge in [0.2, 0.25) is 0 Å². The average molecular weight is 331 g/mol. The first-order chi connectivity index (χ1) is 11.4. The SMILES string of the molecule is CN1C(=O)N[C@](C)([C@H]2CCCN(C[C@@H](O)c3ccccc3)C2)C1=O. The summed E-state index contributed by atoms with van der Waals surface area (Å²) in [7, 11) is 1.52. The number of piperidine rings is 1. The second kappa shape index (κ2) is 6.53. The maximum Gasteiger partial charge on any atom is 0.324 e. The fraction of sp³-hybridized carbons (Fsp3) is 0.556. The van der Waals surface area contributed by atoms with Gasteiger partial charge in [0, 0.05) is 26.1 Å². The minimum absolute atomic E-state index is 0.0515. The number of β-amino-alcohol motifs (C(OH)–C–C–N with tert-alkyl or cyclic N) is 1. The first-order valence-corrected chi connectivity index (χ1v) is 8.47. The molecule has 0 radical (unpaired) electrons. The largest absolute Gasteiger partial charge is 0.387 e. The molecule has 2 aliphatic heterocycles. The molecule has 24 heavy (non-hydrogen) atoms. The van der Waals surface area contributed by atoms with Crippen molar-refractivity contribution in [3.8, 4) is 0 Å². The topological polar surface area (TPSA) is 72.9 Å². The molecule has 1 aromatic rings. The van der Waals surface area contributed by atoms with E-state index >= 15 is 0 Å². The summed E-state index contributed by atoms with van der Waals surface area (Å²) in [6, 6.07) is 9.27. The van der Waals surface area contributed by atoms with Crippen molar-refractivity contribution in [2.45, 2.75) is 31.4 Å². The van der Waals surface area contributed by atoms with Crippen LogP contribution in [0.4, 0.5) is 4.79 Å². The lowest BCUT2D eigenvalue weighted by Crippen LogP contribution is -2.56. The fourth-order valence-electron chi connectivity index (χ4n) is 3.79. The van der Waals surface area contributed by atoms with E-state index < -0.39 is 11.6 Å². The van der Waals surface area contributed by atoms with Crippen LogP contribution < -0.4 is 5.32 Å². The molecule has 0 bridgehead atoms. The summed E-state index contributed by atoms with van der Waals surface area (Å²) in [5, 5.41) is 13.3. The van der Waals surface area contributed by atoms with E-state index in [2.05, 4.69) is 10.2 Å². The van der Waals surface area contributed by atoms with E-state index in [1.807, 2.05) is 37.3 Å². The lowest BCUT2D eigenvalue weighted by Gasteiger charge is -2.40. The number of amides is 3. The number of hydrogen-bond acceptors (Lipinski definition) is 4. The van der Waals surface area contributed by atoms with Crippen molar-refractivity contribution >= 4 is 11.9 Å². The molecular formula is C18H25N3O3. The Kier molecular flexibility index (Phi) is 4.60. The van der Waals surface area contributed by atoms with Gasteiger partial charge in [-0.1, -0.05) is 30.3 Å². The Bertz CT molecular complexity index is 621. The zero-order valence-electron chi connectivity index (χ0n) is 14.2. The molecule has 0 saturated carbocycles. The number of carbonyl (C=O) groups excluding carboxylic acids is 2. The first kappa shape index (κ1) is 16.9. The first-order valence-electron chi connectivity index (χ1n) is 8.47. The van der Waals surface area contributed by atoms with Crippen LogP contribution in [0.15, 0.2) is 30.3 Å². The third-order valence-corrected chi connectivity index (χ3v) is 5.36. The maximum absolute atomic E-state index is 12.5. The predicted molar refractivity (Wildman–Crippen MR) is 90.3 cm³/mol. The minimum atomic E-state index is -0.845. The van der Waals surface area contributed by atoms with Crippen molar-refractivity contribution in [3.63, 3.8) is 0 Å². The summed E-state index contributed by atoms with van der Waals surface area (Å²) in [4.78, 5) is 27.6. The molecule has 2 N–H and O–H groups in total. The van der Waals surface area contributed by atoms with Crippen molar-refractivity contribution in [2.75, 3.05) is 26.7 Å². The Balaban J connectivity index is 1.67. The Morgan fingerprint density at radius 1 is 1.33 bits per heavy atom. The summed E-state index contributed by atoms with van der Waals surface area (Å²) < 4.78 is 0. The summed E-state index contributed by atoms with van der Waals surface area (Å²) in [6.45, 7) is 3.95. The molecule has 0 aromatic heterocycles. The van der Waals surface area contributed by atoms with Crippen molar-refractivity contribution in [1.29, 1.82) is 0 Å². The number of nitrogens with one attached hydrogen (secondary N) is 1. The van der Waals surface area contributed by atoms with Crippen LogP contribution in [0, 0.1) is 5.92 Å². The molecule has 3 amide bonds. The molecule has 2 aliphatic rings. The van der Waals surface area contributed by atoms with Gasteiger partial charge in [0.1, 0.15) is 5.54 Å². The zero-order chi connectivity index (χ0) is 17.3. The molecule has 3 atom stereocenters. The Morgan fingerprint density at radius 2 is 2.04 bits per heavy atom. The van der Waals surface area contributed by atoms with Gasteiger partial charge < -0.3 is 15.3 Å². The molecule has 6 nitrogen and oxygen atoms in total. The number of carbonyl (C=O) groups is 2. The van der Waals surface area contributed by atoms with Crippen molar-refractivity contribution in [2.24, 2.45) is 5.92 Å². The number of nitrogens with zero attached hydrogens (tertiary/aromatic N) is 2. The van der Waals surface area contributed by atoms with E-state index in [9.17, 15) is 14.7 Å². The number of imide groups is 1. The van der Waals surface area contributed by atoms with Gasteiger partial charge in [0.25, 0.3) is 5.91 Å². The van der Waals surface area contributed by atoms with Gasteiger partial charge in [-0.15, -0.1) is 0 Å². The van der Waals surface area contributed by atoms with Crippen LogP contribution in [-0.2, 0) is 4.79 Å². The minimum Gasteiger partial charge on any atom is -0.387 e. The Morgan fingerprint density at radius 3 is 2.67 bits per heavy atom. The van der Waals surface area contributed by atoms with Crippen LogP contribution in [0.3, 0.4) is 0 Å². The highest BCUT2D eigenvalue weighted by Gasteiger charge is 2.51. The maximum atomic E-state index is 12.5. The van der Waals surface area contributed by atoms with Crippen molar-refractivity contribution < 1.29 is 14.7 Å². The normalized spacial score (nSPS) is 29.6. The summed E-state index contributed by atoms with van der Waals surface area (Å²) in [5.74, 6) is -0.112. The highest BCUT2D eigenvalue weighted by molar-refractivity contribution is 6.06. The number of likely N-dealkylation sites (tertiary alicyclic amines) is 1. The summed E-state index contributed by atoms with van der Waals surface area (Å²) >= 11 is 0. The van der Waals surface area contributed by atoms with Crippen LogP contribution in [0.5, 0.6) is 0 Å². The molecule has 0 unspecified atom stereocenters. The van der Waals surface area contributed by atoms with Gasteiger partial charge in [-0.3, -0.25) is 9.69 Å². The van der Waals surface area contributed by atoms with Gasteiger partial charge in [0.15, 0.2) is 0 Å². The van der Waals surface area contributed by atoms with Gasteiger partial charge in [-0.2, -0.15) is 0 Å².